The average molecular weight is 392 g/mol. The molecular weight excluding hydrogens is 368 g/mol. The molecule has 3 rings (SSSR count). The summed E-state index contributed by atoms with van der Waals surface area (Å²) < 4.78 is 0. The van der Waals surface area contributed by atoms with Gasteiger partial charge in [-0.25, -0.2) is 0 Å². The van der Waals surface area contributed by atoms with E-state index in [1.54, 1.807) is 23.1 Å². The molecule has 1 aliphatic heterocycles. The number of nitrogens with zero attached hydrogens (tertiary/aromatic N) is 1. The van der Waals surface area contributed by atoms with Crippen LogP contribution in [0.2, 0.25) is 5.02 Å². The van der Waals surface area contributed by atoms with E-state index in [-0.39, 0.29) is 16.8 Å². The Labute approximate surface area is 163 Å². The van der Waals surface area contributed by atoms with E-state index < -0.39 is 17.8 Å². The Balaban J connectivity index is 1.69. The van der Waals surface area contributed by atoms with Crippen LogP contribution in [0.5, 0.6) is 0 Å². The van der Waals surface area contributed by atoms with Crippen LogP contribution in [-0.4, -0.2) is 35.8 Å². The van der Waals surface area contributed by atoms with Crippen molar-refractivity contribution in [2.45, 2.75) is 44.9 Å². The van der Waals surface area contributed by atoms with Gasteiger partial charge in [0, 0.05) is 36.6 Å². The number of rotatable bonds is 4. The van der Waals surface area contributed by atoms with E-state index in [2.05, 4.69) is 5.32 Å². The summed E-state index contributed by atoms with van der Waals surface area (Å²) in [6.07, 6.45) is 5.75. The summed E-state index contributed by atoms with van der Waals surface area (Å²) in [5.74, 6) is -2.96. The predicted molar refractivity (Wildman–Crippen MR) is 100 cm³/mol. The van der Waals surface area contributed by atoms with Gasteiger partial charge in [0.25, 0.3) is 5.91 Å². The minimum Gasteiger partial charge on any atom is -0.550 e. The van der Waals surface area contributed by atoms with Crippen LogP contribution in [0.1, 0.15) is 55.3 Å². The number of anilines is 1. The van der Waals surface area contributed by atoms with Crippen LogP contribution >= 0.6 is 11.6 Å². The molecule has 2 amide bonds. The SMILES string of the molecule is O=C(Nc1ccc(C(=O)N2CCCCC2)c(Cl)c1)[C@H]1CCCC[C@H]1C(=O)[O-]. The summed E-state index contributed by atoms with van der Waals surface area (Å²) in [6.45, 7) is 1.47. The van der Waals surface area contributed by atoms with Crippen molar-refractivity contribution < 1.29 is 19.5 Å². The molecule has 0 spiro atoms. The number of amides is 2. The molecule has 0 unspecified atom stereocenters. The molecule has 1 saturated carbocycles. The Bertz CT molecular complexity index is 731. The molecule has 146 valence electrons. The molecule has 2 fully saturated rings. The maximum atomic E-state index is 12.6. The number of halogens is 1. The Morgan fingerprint density at radius 2 is 1.67 bits per heavy atom. The van der Waals surface area contributed by atoms with Gasteiger partial charge in [0.2, 0.25) is 5.91 Å². The third kappa shape index (κ3) is 4.61. The van der Waals surface area contributed by atoms with Crippen molar-refractivity contribution in [2.24, 2.45) is 11.8 Å². The zero-order chi connectivity index (χ0) is 19.4. The van der Waals surface area contributed by atoms with E-state index in [0.29, 0.717) is 24.1 Å². The van der Waals surface area contributed by atoms with Crippen molar-refractivity contribution in [3.05, 3.63) is 28.8 Å². The fourth-order valence-electron chi connectivity index (χ4n) is 4.00. The topological polar surface area (TPSA) is 89.5 Å². The molecule has 2 atom stereocenters. The summed E-state index contributed by atoms with van der Waals surface area (Å²) in [6, 6.07) is 4.80. The smallest absolute Gasteiger partial charge is 0.255 e. The lowest BCUT2D eigenvalue weighted by molar-refractivity contribution is -0.313. The summed E-state index contributed by atoms with van der Waals surface area (Å²) >= 11 is 6.29. The van der Waals surface area contributed by atoms with Gasteiger partial charge < -0.3 is 20.1 Å². The molecule has 0 bridgehead atoms. The van der Waals surface area contributed by atoms with Gasteiger partial charge in [0.1, 0.15) is 0 Å². The number of carboxylic acid groups (broad SMARTS) is 1. The zero-order valence-corrected chi connectivity index (χ0v) is 16.0. The minimum absolute atomic E-state index is 0.0955. The summed E-state index contributed by atoms with van der Waals surface area (Å²) in [4.78, 5) is 38.2. The number of piperidine rings is 1. The molecule has 27 heavy (non-hydrogen) atoms. The van der Waals surface area contributed by atoms with Crippen LogP contribution < -0.4 is 10.4 Å². The van der Waals surface area contributed by atoms with Crippen LogP contribution in [-0.2, 0) is 9.59 Å². The van der Waals surface area contributed by atoms with Crippen molar-refractivity contribution in [3.63, 3.8) is 0 Å². The first-order chi connectivity index (χ1) is 13.0. The molecule has 1 N–H and O–H groups in total. The van der Waals surface area contributed by atoms with Gasteiger partial charge >= 0.3 is 0 Å². The lowest BCUT2D eigenvalue weighted by atomic mass is 9.78. The lowest BCUT2D eigenvalue weighted by Gasteiger charge is -2.31. The first-order valence-corrected chi connectivity index (χ1v) is 9.95. The van der Waals surface area contributed by atoms with Gasteiger partial charge in [-0.15, -0.1) is 0 Å². The number of benzene rings is 1. The predicted octanol–water partition coefficient (Wildman–Crippen LogP) is 2.46. The van der Waals surface area contributed by atoms with E-state index >= 15 is 0 Å². The minimum atomic E-state index is -1.17. The van der Waals surface area contributed by atoms with Gasteiger partial charge in [-0.3, -0.25) is 9.59 Å². The number of hydrogen-bond acceptors (Lipinski definition) is 4. The quantitative estimate of drug-likeness (QED) is 0.853. The van der Waals surface area contributed by atoms with E-state index in [9.17, 15) is 19.5 Å². The number of nitrogens with one attached hydrogen (secondary N) is 1. The largest absolute Gasteiger partial charge is 0.550 e. The fraction of sp³-hybridized carbons (Fsp3) is 0.550. The van der Waals surface area contributed by atoms with Crippen LogP contribution in [0.3, 0.4) is 0 Å². The van der Waals surface area contributed by atoms with Crippen molar-refractivity contribution in [1.82, 2.24) is 4.90 Å². The first kappa shape index (κ1) is 19.7. The number of carbonyl (C=O) groups is 3. The zero-order valence-electron chi connectivity index (χ0n) is 15.2. The number of carboxylic acids is 1. The van der Waals surface area contributed by atoms with E-state index in [4.69, 9.17) is 11.6 Å². The van der Waals surface area contributed by atoms with Crippen LogP contribution in [0.25, 0.3) is 0 Å². The fourth-order valence-corrected chi connectivity index (χ4v) is 4.26. The Kier molecular flexibility index (Phi) is 6.37. The summed E-state index contributed by atoms with van der Waals surface area (Å²) in [5.41, 5.74) is 0.879. The van der Waals surface area contributed by atoms with Crippen LogP contribution in [0, 0.1) is 11.8 Å². The highest BCUT2D eigenvalue weighted by Gasteiger charge is 2.32. The third-order valence-electron chi connectivity index (χ3n) is 5.52. The number of carbonyl (C=O) groups excluding carboxylic acids is 3. The van der Waals surface area contributed by atoms with E-state index in [1.165, 1.54) is 0 Å². The molecule has 0 aromatic heterocycles. The summed E-state index contributed by atoms with van der Waals surface area (Å²) in [5, 5.41) is 14.3. The highest BCUT2D eigenvalue weighted by Crippen LogP contribution is 2.31. The monoisotopic (exact) mass is 391 g/mol. The number of aliphatic carboxylic acids is 1. The maximum absolute atomic E-state index is 12.6. The van der Waals surface area contributed by atoms with Crippen molar-refractivity contribution in [2.75, 3.05) is 18.4 Å². The molecule has 2 aliphatic rings. The first-order valence-electron chi connectivity index (χ1n) is 9.58. The number of hydrogen-bond donors (Lipinski definition) is 1. The normalized spacial score (nSPS) is 22.9. The van der Waals surface area contributed by atoms with Gasteiger partial charge in [-0.2, -0.15) is 0 Å². The molecule has 1 aromatic carbocycles. The second kappa shape index (κ2) is 8.74. The second-order valence-electron chi connectivity index (χ2n) is 7.35. The second-order valence-corrected chi connectivity index (χ2v) is 7.76. The molecule has 1 aliphatic carbocycles. The van der Waals surface area contributed by atoms with E-state index in [1.807, 2.05) is 0 Å². The Hall–Kier alpha value is -2.08. The third-order valence-corrected chi connectivity index (χ3v) is 5.83. The lowest BCUT2D eigenvalue weighted by Crippen LogP contribution is -2.42. The molecule has 6 nitrogen and oxygen atoms in total. The molecular formula is C20H24ClN2O4-. The molecule has 7 heteroatoms. The highest BCUT2D eigenvalue weighted by atomic mass is 35.5. The van der Waals surface area contributed by atoms with Crippen molar-refractivity contribution in [1.29, 1.82) is 0 Å². The van der Waals surface area contributed by atoms with Crippen LogP contribution in [0.15, 0.2) is 18.2 Å². The van der Waals surface area contributed by atoms with Gasteiger partial charge in [-0.1, -0.05) is 24.4 Å². The van der Waals surface area contributed by atoms with Gasteiger partial charge in [-0.05, 0) is 50.3 Å². The number of likely N-dealkylation sites (tertiary alicyclic amines) is 1. The van der Waals surface area contributed by atoms with Gasteiger partial charge in [0.05, 0.1) is 10.6 Å². The Morgan fingerprint density at radius 3 is 2.30 bits per heavy atom. The average Bonchev–Trinajstić information content (AvgIpc) is 2.68. The van der Waals surface area contributed by atoms with E-state index in [0.717, 1.165) is 45.2 Å². The standard InChI is InChI=1S/C20H25ClN2O4/c21-17-12-13(8-9-16(17)19(25)23-10-4-1-5-11-23)22-18(24)14-6-2-3-7-15(14)20(26)27/h8-9,12,14-15H,1-7,10-11H2,(H,22,24)(H,26,27)/p-1/t14-,15+/m0/s1. The van der Waals surface area contributed by atoms with Crippen molar-refractivity contribution >= 4 is 35.1 Å². The molecule has 1 heterocycles. The molecule has 1 saturated heterocycles. The van der Waals surface area contributed by atoms with Crippen LogP contribution in [0.4, 0.5) is 5.69 Å². The molecule has 0 radical (unpaired) electrons. The van der Waals surface area contributed by atoms with Gasteiger partial charge in [0.15, 0.2) is 0 Å². The Morgan fingerprint density at radius 1 is 1.00 bits per heavy atom. The molecule has 1 aromatic rings. The summed E-state index contributed by atoms with van der Waals surface area (Å²) in [7, 11) is 0. The highest BCUT2D eigenvalue weighted by molar-refractivity contribution is 6.34. The van der Waals surface area contributed by atoms with Crippen molar-refractivity contribution in [3.8, 4) is 0 Å². The maximum Gasteiger partial charge on any atom is 0.255 e.